The van der Waals surface area contributed by atoms with Gasteiger partial charge in [0.15, 0.2) is 5.96 Å². The second kappa shape index (κ2) is 45.6. The molecule has 0 bridgehead atoms. The second-order valence-corrected chi connectivity index (χ2v) is 31.0. The Balaban J connectivity index is 1.26. The third-order valence-corrected chi connectivity index (χ3v) is 21.6. The van der Waals surface area contributed by atoms with Crippen molar-refractivity contribution in [3.05, 3.63) is 156 Å². The minimum absolute atomic E-state index is 0.0165. The number of carbonyl (C=O) groups excluding carboxylic acids is 14. The molecule has 20 N–H and O–H groups in total. The number of nitrogens with two attached hydrogens (primary N) is 2. The minimum Gasteiger partial charge on any atom is -0.481 e. The lowest BCUT2D eigenvalue weighted by Gasteiger charge is -2.33. The van der Waals surface area contributed by atoms with E-state index in [2.05, 4.69) is 58.5 Å². The molecule has 5 aromatic carbocycles. The van der Waals surface area contributed by atoms with Crippen LogP contribution in [-0.2, 0) is 91.2 Å². The zero-order chi connectivity index (χ0) is 88.2. The molecule has 0 aromatic heterocycles. The molecular weight excluding hydrogens is 1570 g/mol. The quantitative estimate of drug-likeness (QED) is 0.0241. The molecule has 0 spiro atoms. The number of amides is 14. The Morgan fingerprint density at radius 3 is 1.38 bits per heavy atom. The molecule has 15 atom stereocenters. The number of likely N-dealkylation sites (N-methyl/N-ethyl adjacent to an activating group) is 2. The number of carboxylic acid groups (broad SMARTS) is 1. The van der Waals surface area contributed by atoms with E-state index in [9.17, 15) is 82.8 Å². The van der Waals surface area contributed by atoms with Gasteiger partial charge in [-0.1, -0.05) is 153 Å². The van der Waals surface area contributed by atoms with E-state index in [1.54, 1.807) is 78.9 Å². The van der Waals surface area contributed by atoms with E-state index < -0.39 is 210 Å². The van der Waals surface area contributed by atoms with Crippen LogP contribution in [0.2, 0.25) is 0 Å². The molecular formula is C83H109N17O19S. The Morgan fingerprint density at radius 1 is 0.492 bits per heavy atom. The average molecular weight is 1680 g/mol. The summed E-state index contributed by atoms with van der Waals surface area (Å²) in [4.78, 5) is 218. The van der Waals surface area contributed by atoms with Gasteiger partial charge in [0, 0.05) is 52.2 Å². The van der Waals surface area contributed by atoms with Crippen molar-refractivity contribution in [2.75, 3.05) is 45.3 Å². The first-order valence-corrected chi connectivity index (χ1v) is 40.4. The number of hydrogen-bond donors (Lipinski definition) is 18. The average Bonchev–Trinajstić information content (AvgIpc) is 1.52. The smallest absolute Gasteiger partial charge is 0.305 e. The third-order valence-electron chi connectivity index (χ3n) is 20.6. The Bertz CT molecular complexity index is 4440. The first kappa shape index (κ1) is 94.8. The number of guanidine groups is 1. The van der Waals surface area contributed by atoms with Crippen molar-refractivity contribution >= 4 is 106 Å². The summed E-state index contributed by atoms with van der Waals surface area (Å²) in [5.41, 5.74) is 16.1. The number of nitrogens with one attached hydrogen (secondary N) is 12. The number of fused-ring (bicyclic) bond motifs is 1. The number of primary amides is 1. The van der Waals surface area contributed by atoms with E-state index in [1.165, 1.54) is 41.8 Å². The molecule has 37 heteroatoms. The third kappa shape index (κ3) is 27.6. The number of aliphatic carboxylic acids is 1. The van der Waals surface area contributed by atoms with Crippen LogP contribution in [0.5, 0.6) is 0 Å². The fourth-order valence-corrected chi connectivity index (χ4v) is 14.3. The number of carbonyl (C=O) groups is 15. The first-order chi connectivity index (χ1) is 57.0. The summed E-state index contributed by atoms with van der Waals surface area (Å²) in [6.45, 7) is 6.62. The molecule has 2 fully saturated rings. The second-order valence-electron chi connectivity index (χ2n) is 30.0. The molecule has 0 unspecified atom stereocenters. The zero-order valence-corrected chi connectivity index (χ0v) is 68.8. The Kier molecular flexibility index (Phi) is 36.0. The molecule has 0 radical (unpaired) electrons. The van der Waals surface area contributed by atoms with E-state index in [4.69, 9.17) is 16.9 Å². The predicted octanol–water partition coefficient (Wildman–Crippen LogP) is -2.04. The highest BCUT2D eigenvalue weighted by Gasteiger charge is 2.43. The first-order valence-electron chi connectivity index (χ1n) is 39.3. The largest absolute Gasteiger partial charge is 0.481 e. The van der Waals surface area contributed by atoms with Crippen LogP contribution in [-0.4, -0.2) is 266 Å². The van der Waals surface area contributed by atoms with Gasteiger partial charge in [0.1, 0.15) is 78.5 Å². The number of rotatable bonds is 19. The maximum atomic E-state index is 15.2. The summed E-state index contributed by atoms with van der Waals surface area (Å²) >= 11 is 0.814. The summed E-state index contributed by atoms with van der Waals surface area (Å²) in [6.07, 6.45) is -5.33. The van der Waals surface area contributed by atoms with Crippen molar-refractivity contribution in [3.8, 4) is 22.3 Å². The summed E-state index contributed by atoms with van der Waals surface area (Å²) in [6, 6.07) is 19.4. The monoisotopic (exact) mass is 1680 g/mol. The van der Waals surface area contributed by atoms with Crippen LogP contribution in [0.1, 0.15) is 90.3 Å². The lowest BCUT2D eigenvalue weighted by Crippen LogP contribution is -2.64. The van der Waals surface area contributed by atoms with E-state index >= 15 is 9.59 Å². The molecule has 2 heterocycles. The molecule has 646 valence electrons. The highest BCUT2D eigenvalue weighted by atomic mass is 32.2. The van der Waals surface area contributed by atoms with Gasteiger partial charge < -0.3 is 105 Å². The molecule has 2 aliphatic heterocycles. The normalized spacial score (nSPS) is 24.6. The molecule has 0 aliphatic carbocycles. The van der Waals surface area contributed by atoms with Crippen molar-refractivity contribution in [1.29, 1.82) is 5.41 Å². The van der Waals surface area contributed by atoms with Gasteiger partial charge in [-0.3, -0.25) is 77.3 Å². The standard InChI is InChI=1S/C83H109N17O19S/c1-45(2)67-77(114)93-62(42-101)75(112)96-69(49(6)103)79(116)97-68(48(5)102)78(115)92-61(40-52-30-34-56(35-31-52)54-24-16-11-17-25-54)81(118)99(8)47(4)72(109)91-60(39-51-28-32-55(33-29-51)53-22-14-10-15-23-53)80(117)98(7)46(3)71(108)90-59(41-66(105)106)73(110)89-57(26-18-36-87-83(85)86)82(119)100-37-19-27-64(100)76(113)94-63(70(84)107)43-120-44-65(104)88-58(74(111)95-67)38-50-20-12-9-13-21-50/h9-17,20-25,28-35,45-49,57-64,67-69,101-103H,18-19,26-27,36-44H2,1-8H3,(H2,84,107)(H,88,104)(H,89,110)(H,90,108)(H,91,109)(H,92,115)(H,93,114)(H,94,113)(H,95,111)(H,96,112)(H,97,116)(H,105,106)(H4,85,86,87)/t46-,47-,48+,49+,57-,58-,59-,60-,61-,62-,63-,64-,67-,68-,69-/m0/s1. The zero-order valence-electron chi connectivity index (χ0n) is 68.0. The van der Waals surface area contributed by atoms with Crippen molar-refractivity contribution in [2.45, 2.75) is 184 Å². The maximum Gasteiger partial charge on any atom is 0.305 e. The minimum atomic E-state index is -2.00. The van der Waals surface area contributed by atoms with Crippen molar-refractivity contribution < 1.29 is 92.3 Å². The molecule has 5 aromatic rings. The fourth-order valence-electron chi connectivity index (χ4n) is 13.4. The van der Waals surface area contributed by atoms with E-state index in [1.807, 2.05) is 60.7 Å². The van der Waals surface area contributed by atoms with Crippen LogP contribution >= 0.6 is 11.8 Å². The van der Waals surface area contributed by atoms with Gasteiger partial charge in [-0.15, -0.1) is 11.8 Å². The van der Waals surface area contributed by atoms with Gasteiger partial charge in [0.05, 0.1) is 31.0 Å². The van der Waals surface area contributed by atoms with Crippen LogP contribution < -0.4 is 70.0 Å². The van der Waals surface area contributed by atoms with Gasteiger partial charge in [0.25, 0.3) is 0 Å². The Hall–Kier alpha value is -12.4. The number of aliphatic hydroxyl groups is 3. The fraction of sp³-hybridized carbons (Fsp3) is 0.446. The van der Waals surface area contributed by atoms with Gasteiger partial charge in [-0.25, -0.2) is 0 Å². The topological polar surface area (TPSA) is 555 Å². The van der Waals surface area contributed by atoms with Gasteiger partial charge in [-0.05, 0) is 98.2 Å². The van der Waals surface area contributed by atoms with Crippen LogP contribution in [0.4, 0.5) is 0 Å². The number of carboxylic acids is 1. The maximum absolute atomic E-state index is 15.2. The Labute approximate surface area is 698 Å². The van der Waals surface area contributed by atoms with Gasteiger partial charge >= 0.3 is 5.97 Å². The summed E-state index contributed by atoms with van der Waals surface area (Å²) in [5, 5.41) is 78.4. The number of hydrogen-bond acceptors (Lipinski definition) is 20. The molecule has 2 saturated heterocycles. The van der Waals surface area contributed by atoms with E-state index in [-0.39, 0.29) is 63.8 Å². The van der Waals surface area contributed by atoms with Crippen LogP contribution in [0.25, 0.3) is 22.3 Å². The Morgan fingerprint density at radius 2 is 0.900 bits per heavy atom. The van der Waals surface area contributed by atoms with Crippen molar-refractivity contribution in [2.24, 2.45) is 17.4 Å². The number of aliphatic hydroxyl groups excluding tert-OH is 3. The SMILES string of the molecule is CC(C)[C@@H]1NC(=O)[C@H](Cc2ccccc2)NC(=O)CSC[C@@H](C(N)=O)NC(=O)[C@@H]2CCCN2C(=O)[C@H](CCCNC(=N)N)NC(=O)[C@H](CC(=O)O)NC(=O)[C@H](C)N(C)C(=O)[C@H](Cc2ccc(-c3ccccc3)cc2)NC(=O)[C@H](C)N(C)C(=O)[C@H](Cc2ccc(-c3ccccc3)cc2)NC(=O)[C@H]([C@@H](C)O)NC(=O)[C@H]([C@@H](C)O)NC(=O)[C@H](CO)NC1=O. The van der Waals surface area contributed by atoms with Crippen LogP contribution in [0, 0.1) is 11.3 Å². The van der Waals surface area contributed by atoms with E-state index in [0.29, 0.717) is 16.7 Å². The number of thioether (sulfide) groups is 1. The highest BCUT2D eigenvalue weighted by Crippen LogP contribution is 2.25. The molecule has 14 amide bonds. The lowest BCUT2D eigenvalue weighted by molar-refractivity contribution is -0.145. The predicted molar refractivity (Wildman–Crippen MR) is 443 cm³/mol. The molecule has 36 nitrogen and oxygen atoms in total. The molecule has 2 aliphatic rings. The highest BCUT2D eigenvalue weighted by molar-refractivity contribution is 8.00. The van der Waals surface area contributed by atoms with Gasteiger partial charge in [-0.2, -0.15) is 0 Å². The van der Waals surface area contributed by atoms with Crippen LogP contribution in [0.15, 0.2) is 140 Å². The molecule has 7 rings (SSSR count). The number of nitrogens with zero attached hydrogens (tertiary/aromatic N) is 3. The van der Waals surface area contributed by atoms with Gasteiger partial charge in [0.2, 0.25) is 82.7 Å². The molecule has 120 heavy (non-hydrogen) atoms. The molecule has 0 saturated carbocycles. The van der Waals surface area contributed by atoms with Crippen LogP contribution in [0.3, 0.4) is 0 Å². The van der Waals surface area contributed by atoms with Crippen molar-refractivity contribution in [1.82, 2.24) is 73.2 Å². The lowest BCUT2D eigenvalue weighted by atomic mass is 9.99. The summed E-state index contributed by atoms with van der Waals surface area (Å²) < 4.78 is 0. The van der Waals surface area contributed by atoms with Crippen molar-refractivity contribution in [3.63, 3.8) is 0 Å². The summed E-state index contributed by atoms with van der Waals surface area (Å²) in [5.74, 6) is -17.9. The summed E-state index contributed by atoms with van der Waals surface area (Å²) in [7, 11) is 2.44. The van der Waals surface area contributed by atoms with E-state index in [0.717, 1.165) is 62.6 Å². The number of benzene rings is 5.